The van der Waals surface area contributed by atoms with Crippen molar-refractivity contribution in [2.45, 2.75) is 39.5 Å². The van der Waals surface area contributed by atoms with E-state index in [1.807, 2.05) is 6.92 Å². The molecular weight excluding hydrogens is 252 g/mol. The molecule has 1 radical (unpaired) electrons. The maximum Gasteiger partial charge on any atom is 0.324 e. The first-order valence-corrected chi connectivity index (χ1v) is 7.26. The van der Waals surface area contributed by atoms with Crippen LogP contribution in [0.5, 0.6) is 0 Å². The summed E-state index contributed by atoms with van der Waals surface area (Å²) in [6.45, 7) is 5.15. The molecule has 109 valence electrons. The van der Waals surface area contributed by atoms with Gasteiger partial charge < -0.3 is 5.32 Å². The number of urea groups is 1. The van der Waals surface area contributed by atoms with Crippen LogP contribution in [0.25, 0.3) is 0 Å². The fourth-order valence-electron chi connectivity index (χ4n) is 1.76. The Labute approximate surface area is 121 Å². The van der Waals surface area contributed by atoms with Crippen molar-refractivity contribution in [3.63, 3.8) is 0 Å². The SMILES string of the molecule is CCCCNC(=O)N(CCCC)C(=O)c1c[c]ccc1. The fraction of sp³-hybridized carbons (Fsp3) is 0.500. The Hall–Kier alpha value is -1.84. The van der Waals surface area contributed by atoms with Crippen molar-refractivity contribution in [2.24, 2.45) is 0 Å². The standard InChI is InChI=1S/C16H23N2O2/c1-3-5-12-17-16(20)18(13-6-4-2)15(19)14-10-8-7-9-11-14/h7-8,10-11H,3-6,12-13H2,1-2H3,(H,17,20). The molecule has 0 bridgehead atoms. The lowest BCUT2D eigenvalue weighted by Gasteiger charge is -2.21. The molecule has 20 heavy (non-hydrogen) atoms. The number of nitrogens with zero attached hydrogens (tertiary/aromatic N) is 1. The molecule has 0 aliphatic heterocycles. The summed E-state index contributed by atoms with van der Waals surface area (Å²) >= 11 is 0. The van der Waals surface area contributed by atoms with E-state index < -0.39 is 0 Å². The summed E-state index contributed by atoms with van der Waals surface area (Å²) < 4.78 is 0. The van der Waals surface area contributed by atoms with Crippen LogP contribution in [0.2, 0.25) is 0 Å². The summed E-state index contributed by atoms with van der Waals surface area (Å²) in [6, 6.07) is 9.36. The quantitative estimate of drug-likeness (QED) is 0.777. The minimum absolute atomic E-state index is 0.260. The van der Waals surface area contributed by atoms with E-state index in [0.29, 0.717) is 18.7 Å². The molecule has 0 unspecified atom stereocenters. The van der Waals surface area contributed by atoms with E-state index in [2.05, 4.69) is 18.3 Å². The van der Waals surface area contributed by atoms with Gasteiger partial charge in [-0.15, -0.1) is 0 Å². The van der Waals surface area contributed by atoms with Gasteiger partial charge in [-0.2, -0.15) is 0 Å². The Morgan fingerprint density at radius 3 is 2.60 bits per heavy atom. The number of hydrogen-bond donors (Lipinski definition) is 1. The minimum Gasteiger partial charge on any atom is -0.338 e. The van der Waals surface area contributed by atoms with Crippen molar-refractivity contribution in [3.8, 4) is 0 Å². The molecule has 0 spiro atoms. The second kappa shape index (κ2) is 9.13. The van der Waals surface area contributed by atoms with E-state index in [9.17, 15) is 9.59 Å². The number of carbonyl (C=O) groups excluding carboxylic acids is 2. The number of imide groups is 1. The van der Waals surface area contributed by atoms with E-state index in [-0.39, 0.29) is 11.9 Å². The van der Waals surface area contributed by atoms with Crippen molar-refractivity contribution in [1.82, 2.24) is 10.2 Å². The van der Waals surface area contributed by atoms with Gasteiger partial charge in [0.15, 0.2) is 0 Å². The highest BCUT2D eigenvalue weighted by Crippen LogP contribution is 2.06. The first-order valence-electron chi connectivity index (χ1n) is 7.26. The van der Waals surface area contributed by atoms with Crippen LogP contribution in [-0.4, -0.2) is 29.9 Å². The van der Waals surface area contributed by atoms with Gasteiger partial charge in [0.1, 0.15) is 0 Å². The van der Waals surface area contributed by atoms with Crippen molar-refractivity contribution < 1.29 is 9.59 Å². The Bertz CT molecular complexity index is 418. The van der Waals surface area contributed by atoms with E-state index in [4.69, 9.17) is 0 Å². The molecule has 0 heterocycles. The Morgan fingerprint density at radius 2 is 2.00 bits per heavy atom. The molecule has 1 rings (SSSR count). The van der Waals surface area contributed by atoms with Crippen LogP contribution < -0.4 is 5.32 Å². The lowest BCUT2D eigenvalue weighted by atomic mass is 10.2. The van der Waals surface area contributed by atoms with Gasteiger partial charge in [-0.05, 0) is 31.0 Å². The van der Waals surface area contributed by atoms with E-state index in [0.717, 1.165) is 25.7 Å². The van der Waals surface area contributed by atoms with Crippen LogP contribution in [0.1, 0.15) is 49.9 Å². The first kappa shape index (κ1) is 16.2. The van der Waals surface area contributed by atoms with Crippen LogP contribution in [0.3, 0.4) is 0 Å². The number of unbranched alkanes of at least 4 members (excludes halogenated alkanes) is 2. The summed E-state index contributed by atoms with van der Waals surface area (Å²) in [7, 11) is 0. The van der Waals surface area contributed by atoms with Crippen LogP contribution >= 0.6 is 0 Å². The molecule has 0 saturated carbocycles. The molecule has 0 aliphatic rings. The highest BCUT2D eigenvalue weighted by molar-refractivity contribution is 6.04. The number of carbonyl (C=O) groups is 2. The zero-order chi connectivity index (χ0) is 14.8. The van der Waals surface area contributed by atoms with Gasteiger partial charge in [0.2, 0.25) is 0 Å². The number of nitrogens with one attached hydrogen (secondary N) is 1. The predicted molar refractivity (Wildman–Crippen MR) is 79.5 cm³/mol. The Balaban J connectivity index is 2.72. The third-order valence-corrected chi connectivity index (χ3v) is 2.99. The van der Waals surface area contributed by atoms with E-state index in [1.54, 1.807) is 24.3 Å². The molecule has 1 aromatic rings. The van der Waals surface area contributed by atoms with E-state index in [1.165, 1.54) is 4.90 Å². The Kier molecular flexibility index (Phi) is 7.40. The third-order valence-electron chi connectivity index (χ3n) is 2.99. The molecular formula is C16H23N2O2. The monoisotopic (exact) mass is 275 g/mol. The lowest BCUT2D eigenvalue weighted by Crippen LogP contribution is -2.44. The molecule has 0 aromatic heterocycles. The summed E-state index contributed by atoms with van der Waals surface area (Å²) in [6.07, 6.45) is 3.67. The van der Waals surface area contributed by atoms with Crippen molar-refractivity contribution in [1.29, 1.82) is 0 Å². The van der Waals surface area contributed by atoms with Gasteiger partial charge >= 0.3 is 6.03 Å². The number of amides is 3. The summed E-state index contributed by atoms with van der Waals surface area (Å²) in [5, 5.41) is 2.80. The van der Waals surface area contributed by atoms with E-state index >= 15 is 0 Å². The zero-order valence-electron chi connectivity index (χ0n) is 12.3. The van der Waals surface area contributed by atoms with Gasteiger partial charge in [0.05, 0.1) is 0 Å². The molecule has 3 amide bonds. The third kappa shape index (κ3) is 5.03. The van der Waals surface area contributed by atoms with Crippen LogP contribution in [0.4, 0.5) is 4.79 Å². The maximum absolute atomic E-state index is 12.4. The molecule has 4 heteroatoms. The van der Waals surface area contributed by atoms with Gasteiger partial charge in [0.25, 0.3) is 5.91 Å². The number of benzene rings is 1. The molecule has 4 nitrogen and oxygen atoms in total. The van der Waals surface area contributed by atoms with Gasteiger partial charge in [-0.25, -0.2) is 4.79 Å². The second-order valence-electron chi connectivity index (χ2n) is 4.69. The van der Waals surface area contributed by atoms with Crippen molar-refractivity contribution in [3.05, 3.63) is 35.9 Å². The van der Waals surface area contributed by atoms with Crippen molar-refractivity contribution >= 4 is 11.9 Å². The lowest BCUT2D eigenvalue weighted by molar-refractivity contribution is 0.0798. The van der Waals surface area contributed by atoms with Gasteiger partial charge in [-0.3, -0.25) is 9.69 Å². The molecule has 0 saturated heterocycles. The largest absolute Gasteiger partial charge is 0.338 e. The van der Waals surface area contributed by atoms with Crippen LogP contribution in [0.15, 0.2) is 24.3 Å². The van der Waals surface area contributed by atoms with Crippen LogP contribution in [-0.2, 0) is 0 Å². The molecule has 1 N–H and O–H groups in total. The fourth-order valence-corrected chi connectivity index (χ4v) is 1.76. The summed E-state index contributed by atoms with van der Waals surface area (Å²) in [5.41, 5.74) is 0.495. The van der Waals surface area contributed by atoms with Gasteiger partial charge in [-0.1, -0.05) is 38.8 Å². The number of rotatable bonds is 7. The maximum atomic E-state index is 12.4. The van der Waals surface area contributed by atoms with Crippen molar-refractivity contribution in [2.75, 3.05) is 13.1 Å². The topological polar surface area (TPSA) is 49.4 Å². The predicted octanol–water partition coefficient (Wildman–Crippen LogP) is 3.24. The van der Waals surface area contributed by atoms with Crippen LogP contribution in [0, 0.1) is 6.07 Å². The second-order valence-corrected chi connectivity index (χ2v) is 4.69. The normalized spacial score (nSPS) is 10.1. The summed E-state index contributed by atoms with van der Waals surface area (Å²) in [5.74, 6) is -0.260. The number of hydrogen-bond acceptors (Lipinski definition) is 2. The molecule has 0 fully saturated rings. The average Bonchev–Trinajstić information content (AvgIpc) is 2.48. The molecule has 1 aromatic carbocycles. The smallest absolute Gasteiger partial charge is 0.324 e. The molecule has 0 atom stereocenters. The summed E-state index contributed by atoms with van der Waals surface area (Å²) in [4.78, 5) is 25.8. The average molecular weight is 275 g/mol. The zero-order valence-corrected chi connectivity index (χ0v) is 12.3. The first-order chi connectivity index (χ1) is 9.70. The highest BCUT2D eigenvalue weighted by atomic mass is 16.2. The Morgan fingerprint density at radius 1 is 1.25 bits per heavy atom. The van der Waals surface area contributed by atoms with Gasteiger partial charge in [0, 0.05) is 18.7 Å². The minimum atomic E-state index is -0.305. The highest BCUT2D eigenvalue weighted by Gasteiger charge is 2.21. The molecule has 0 aliphatic carbocycles.